The van der Waals surface area contributed by atoms with Crippen molar-refractivity contribution in [3.05, 3.63) is 71.5 Å². The molecule has 0 saturated heterocycles. The van der Waals surface area contributed by atoms with Gasteiger partial charge in [0.1, 0.15) is 5.82 Å². The Morgan fingerprint density at radius 3 is 2.30 bits per heavy atom. The van der Waals surface area contributed by atoms with Gasteiger partial charge in [-0.3, -0.25) is 14.4 Å². The summed E-state index contributed by atoms with van der Waals surface area (Å²) in [7, 11) is 0. The molecule has 0 spiro atoms. The van der Waals surface area contributed by atoms with Gasteiger partial charge in [0.2, 0.25) is 5.91 Å². The number of nitrogens with one attached hydrogen (secondary N) is 2. The van der Waals surface area contributed by atoms with Crippen molar-refractivity contribution in [1.82, 2.24) is 10.6 Å². The van der Waals surface area contributed by atoms with Crippen molar-refractivity contribution >= 4 is 17.8 Å². The number of amides is 2. The minimum absolute atomic E-state index is 0.131. The number of carbonyl (C=O) groups excluding carboxylic acids is 2. The Balaban J connectivity index is 1.80. The van der Waals surface area contributed by atoms with Crippen LogP contribution in [0.5, 0.6) is 0 Å². The highest BCUT2D eigenvalue weighted by molar-refractivity contribution is 5.94. The number of carboxylic acids is 1. The molecule has 0 heterocycles. The lowest BCUT2D eigenvalue weighted by Crippen LogP contribution is -2.31. The molecular formula is C20H21FN2O4. The van der Waals surface area contributed by atoms with Gasteiger partial charge in [0.15, 0.2) is 0 Å². The first-order chi connectivity index (χ1) is 13.0. The second-order valence-electron chi connectivity index (χ2n) is 5.99. The fourth-order valence-corrected chi connectivity index (χ4v) is 2.53. The van der Waals surface area contributed by atoms with Crippen LogP contribution in [0.25, 0.3) is 0 Å². The maximum absolute atomic E-state index is 13.0. The maximum Gasteiger partial charge on any atom is 0.305 e. The lowest BCUT2D eigenvalue weighted by molar-refractivity contribution is -0.137. The fourth-order valence-electron chi connectivity index (χ4n) is 2.53. The standard InChI is InChI=1S/C20H21FN2O4/c21-16-10-8-14(9-11-16)17(13-19(25)26)23-18(24)7-4-12-22-20(27)15-5-2-1-3-6-15/h1-3,5-6,8-11,17H,4,7,12-13H2,(H,22,27)(H,23,24)(H,25,26). The van der Waals surface area contributed by atoms with Crippen molar-refractivity contribution in [2.24, 2.45) is 0 Å². The first-order valence-corrected chi connectivity index (χ1v) is 8.55. The van der Waals surface area contributed by atoms with Gasteiger partial charge in [0.05, 0.1) is 12.5 Å². The predicted octanol–water partition coefficient (Wildman–Crippen LogP) is 2.67. The molecule has 0 radical (unpaired) electrons. The van der Waals surface area contributed by atoms with E-state index in [1.54, 1.807) is 24.3 Å². The highest BCUT2D eigenvalue weighted by Gasteiger charge is 2.18. The molecule has 0 saturated carbocycles. The van der Waals surface area contributed by atoms with E-state index in [2.05, 4.69) is 10.6 Å². The summed E-state index contributed by atoms with van der Waals surface area (Å²) in [5.41, 5.74) is 1.06. The molecule has 2 aromatic carbocycles. The molecule has 0 aliphatic rings. The third-order valence-electron chi connectivity index (χ3n) is 3.89. The van der Waals surface area contributed by atoms with Crippen LogP contribution in [0.4, 0.5) is 4.39 Å². The van der Waals surface area contributed by atoms with Crippen molar-refractivity contribution < 1.29 is 23.9 Å². The average Bonchev–Trinajstić information content (AvgIpc) is 2.65. The molecule has 2 aromatic rings. The molecule has 0 fully saturated rings. The zero-order chi connectivity index (χ0) is 19.6. The quantitative estimate of drug-likeness (QED) is 0.590. The molecule has 1 unspecified atom stereocenters. The van der Waals surface area contributed by atoms with Gasteiger partial charge >= 0.3 is 5.97 Å². The maximum atomic E-state index is 13.0. The number of halogens is 1. The van der Waals surface area contributed by atoms with Crippen LogP contribution < -0.4 is 10.6 Å². The summed E-state index contributed by atoms with van der Waals surface area (Å²) in [6.45, 7) is 0.321. The topological polar surface area (TPSA) is 95.5 Å². The van der Waals surface area contributed by atoms with Gasteiger partial charge in [0, 0.05) is 18.5 Å². The first kappa shape index (κ1) is 20.1. The summed E-state index contributed by atoms with van der Waals surface area (Å²) in [6, 6.07) is 13.3. The van der Waals surface area contributed by atoms with Crippen molar-refractivity contribution in [3.8, 4) is 0 Å². The van der Waals surface area contributed by atoms with Gasteiger partial charge in [0.25, 0.3) is 5.91 Å². The molecule has 7 heteroatoms. The number of carbonyl (C=O) groups is 3. The molecule has 3 N–H and O–H groups in total. The van der Waals surface area contributed by atoms with E-state index in [1.807, 2.05) is 6.07 Å². The number of hydrogen-bond donors (Lipinski definition) is 3. The van der Waals surface area contributed by atoms with Crippen molar-refractivity contribution in [1.29, 1.82) is 0 Å². The van der Waals surface area contributed by atoms with Crippen LogP contribution in [-0.2, 0) is 9.59 Å². The van der Waals surface area contributed by atoms with Crippen molar-refractivity contribution in [3.63, 3.8) is 0 Å². The lowest BCUT2D eigenvalue weighted by atomic mass is 10.0. The number of benzene rings is 2. The number of rotatable bonds is 9. The Morgan fingerprint density at radius 1 is 1.00 bits per heavy atom. The minimum Gasteiger partial charge on any atom is -0.481 e. The molecular weight excluding hydrogens is 351 g/mol. The van der Waals surface area contributed by atoms with E-state index in [0.717, 1.165) is 0 Å². The SMILES string of the molecule is O=C(O)CC(NC(=O)CCCNC(=O)c1ccccc1)c1ccc(F)cc1. The molecule has 142 valence electrons. The van der Waals surface area contributed by atoms with Crippen LogP contribution in [-0.4, -0.2) is 29.4 Å². The second-order valence-corrected chi connectivity index (χ2v) is 5.99. The molecule has 0 aromatic heterocycles. The summed E-state index contributed by atoms with van der Waals surface area (Å²) < 4.78 is 13.0. The third-order valence-corrected chi connectivity index (χ3v) is 3.89. The molecule has 1 atom stereocenters. The highest BCUT2D eigenvalue weighted by atomic mass is 19.1. The summed E-state index contributed by atoms with van der Waals surface area (Å²) in [4.78, 5) is 35.0. The monoisotopic (exact) mass is 372 g/mol. The van der Waals surface area contributed by atoms with Gasteiger partial charge in [-0.25, -0.2) is 4.39 Å². The van der Waals surface area contributed by atoms with Crippen LogP contribution in [0.15, 0.2) is 54.6 Å². The molecule has 0 aliphatic heterocycles. The summed E-state index contributed by atoms with van der Waals surface area (Å²) in [5, 5.41) is 14.4. The summed E-state index contributed by atoms with van der Waals surface area (Å²) in [5.74, 6) is -2.06. The Morgan fingerprint density at radius 2 is 1.67 bits per heavy atom. The number of hydrogen-bond acceptors (Lipinski definition) is 3. The zero-order valence-corrected chi connectivity index (χ0v) is 14.7. The van der Waals surface area contributed by atoms with Gasteiger partial charge < -0.3 is 15.7 Å². The predicted molar refractivity (Wildman–Crippen MR) is 97.5 cm³/mol. The Hall–Kier alpha value is -3.22. The highest BCUT2D eigenvalue weighted by Crippen LogP contribution is 2.17. The summed E-state index contributed by atoms with van der Waals surface area (Å²) in [6.07, 6.45) is 0.238. The largest absolute Gasteiger partial charge is 0.481 e. The smallest absolute Gasteiger partial charge is 0.305 e. The summed E-state index contributed by atoms with van der Waals surface area (Å²) >= 11 is 0. The molecule has 6 nitrogen and oxygen atoms in total. The first-order valence-electron chi connectivity index (χ1n) is 8.55. The van der Waals surface area contributed by atoms with Gasteiger partial charge in [-0.05, 0) is 36.2 Å². The molecule has 27 heavy (non-hydrogen) atoms. The van der Waals surface area contributed by atoms with Crippen molar-refractivity contribution in [2.45, 2.75) is 25.3 Å². The Bertz CT molecular complexity index is 778. The van der Waals surface area contributed by atoms with Crippen LogP contribution in [0.2, 0.25) is 0 Å². The van der Waals surface area contributed by atoms with Crippen molar-refractivity contribution in [2.75, 3.05) is 6.54 Å². The molecule has 0 bridgehead atoms. The van der Waals surface area contributed by atoms with E-state index in [9.17, 15) is 18.8 Å². The second kappa shape index (κ2) is 10.1. The van der Waals surface area contributed by atoms with Crippen LogP contribution in [0.1, 0.15) is 41.2 Å². The van der Waals surface area contributed by atoms with Crippen LogP contribution >= 0.6 is 0 Å². The molecule has 2 rings (SSSR count). The average molecular weight is 372 g/mol. The lowest BCUT2D eigenvalue weighted by Gasteiger charge is -2.17. The molecule has 2 amide bonds. The Labute approximate surface area is 156 Å². The normalized spacial score (nSPS) is 11.4. The number of aliphatic carboxylic acids is 1. The van der Waals surface area contributed by atoms with Gasteiger partial charge in [-0.15, -0.1) is 0 Å². The van der Waals surface area contributed by atoms with E-state index in [1.165, 1.54) is 24.3 Å². The zero-order valence-electron chi connectivity index (χ0n) is 14.7. The van der Waals surface area contributed by atoms with E-state index >= 15 is 0 Å². The van der Waals surface area contributed by atoms with E-state index in [4.69, 9.17) is 5.11 Å². The minimum atomic E-state index is -1.07. The van der Waals surface area contributed by atoms with E-state index in [0.29, 0.717) is 24.1 Å². The fraction of sp³-hybridized carbons (Fsp3) is 0.250. The van der Waals surface area contributed by atoms with Gasteiger partial charge in [-0.2, -0.15) is 0 Å². The van der Waals surface area contributed by atoms with Gasteiger partial charge in [-0.1, -0.05) is 30.3 Å². The van der Waals surface area contributed by atoms with E-state index < -0.39 is 17.8 Å². The molecule has 0 aliphatic carbocycles. The van der Waals surface area contributed by atoms with Crippen LogP contribution in [0, 0.1) is 5.82 Å². The number of carboxylic acid groups (broad SMARTS) is 1. The third kappa shape index (κ3) is 6.89. The van der Waals surface area contributed by atoms with E-state index in [-0.39, 0.29) is 24.7 Å². The van der Waals surface area contributed by atoms with Crippen LogP contribution in [0.3, 0.4) is 0 Å². The Kier molecular flexibility index (Phi) is 7.49.